The molecule has 4 nitrogen and oxygen atoms in total. The van der Waals surface area contributed by atoms with Gasteiger partial charge in [0.15, 0.2) is 0 Å². The molecule has 2 rings (SSSR count). The van der Waals surface area contributed by atoms with Crippen molar-refractivity contribution in [3.8, 4) is 0 Å². The van der Waals surface area contributed by atoms with Gasteiger partial charge in [-0.1, -0.05) is 17.2 Å². The maximum atomic E-state index is 11.9. The second-order valence-corrected chi connectivity index (χ2v) is 5.34. The molecule has 0 radical (unpaired) electrons. The van der Waals surface area contributed by atoms with Crippen LogP contribution in [-0.4, -0.2) is 17.6 Å². The minimum absolute atomic E-state index is 0.260. The molecule has 0 atom stereocenters. The van der Waals surface area contributed by atoms with Gasteiger partial charge in [0.05, 0.1) is 16.3 Å². The molecule has 0 unspecified atom stereocenters. The molecule has 0 saturated carbocycles. The number of anilines is 2. The van der Waals surface area contributed by atoms with E-state index in [0.717, 1.165) is 11.3 Å². The second-order valence-electron chi connectivity index (χ2n) is 4.94. The Morgan fingerprint density at radius 3 is 2.64 bits per heavy atom. The zero-order chi connectivity index (χ0) is 15.9. The Hall–Kier alpha value is -2.33. The number of halogens is 1. The van der Waals surface area contributed by atoms with Crippen molar-refractivity contribution in [1.82, 2.24) is 4.98 Å². The van der Waals surface area contributed by atoms with Crippen LogP contribution in [0.1, 0.15) is 24.2 Å². The van der Waals surface area contributed by atoms with Gasteiger partial charge >= 0.3 is 5.97 Å². The second kappa shape index (κ2) is 7.61. The van der Waals surface area contributed by atoms with Gasteiger partial charge in [-0.2, -0.15) is 0 Å². The number of aromatic nitrogens is 1. The number of hydrogen-bond acceptors (Lipinski definition) is 4. The van der Waals surface area contributed by atoms with E-state index in [1.807, 2.05) is 32.1 Å². The maximum Gasteiger partial charge on any atom is 0.338 e. The summed E-state index contributed by atoms with van der Waals surface area (Å²) in [5.74, 6) is -0.394. The maximum absolute atomic E-state index is 11.9. The molecule has 0 spiro atoms. The van der Waals surface area contributed by atoms with Crippen LogP contribution in [0.4, 0.5) is 11.4 Å². The molecule has 1 heterocycles. The number of allylic oxidation sites excluding steroid dienone is 1. The van der Waals surface area contributed by atoms with Crippen molar-refractivity contribution in [3.05, 3.63) is 65.0 Å². The summed E-state index contributed by atoms with van der Waals surface area (Å²) in [6, 6.07) is 8.69. The van der Waals surface area contributed by atoms with Gasteiger partial charge < -0.3 is 10.1 Å². The number of benzene rings is 1. The summed E-state index contributed by atoms with van der Waals surface area (Å²) in [6.45, 7) is 4.16. The highest BCUT2D eigenvalue weighted by molar-refractivity contribution is 6.33. The molecule has 5 heteroatoms. The average molecular weight is 317 g/mol. The van der Waals surface area contributed by atoms with Crippen molar-refractivity contribution in [2.24, 2.45) is 0 Å². The molecule has 0 saturated heterocycles. The summed E-state index contributed by atoms with van der Waals surface area (Å²) >= 11 is 6.21. The first kappa shape index (κ1) is 16.0. The van der Waals surface area contributed by atoms with E-state index in [4.69, 9.17) is 16.3 Å². The van der Waals surface area contributed by atoms with Crippen LogP contribution in [0.25, 0.3) is 0 Å². The Morgan fingerprint density at radius 1 is 1.27 bits per heavy atom. The normalized spacial score (nSPS) is 9.95. The van der Waals surface area contributed by atoms with Crippen LogP contribution in [-0.2, 0) is 4.74 Å². The molecule has 0 aliphatic rings. The molecule has 1 aromatic carbocycles. The Labute approximate surface area is 134 Å². The smallest absolute Gasteiger partial charge is 0.338 e. The van der Waals surface area contributed by atoms with E-state index in [0.29, 0.717) is 16.3 Å². The highest BCUT2D eigenvalue weighted by Gasteiger charge is 2.09. The van der Waals surface area contributed by atoms with Crippen molar-refractivity contribution >= 4 is 28.9 Å². The van der Waals surface area contributed by atoms with Crippen molar-refractivity contribution in [2.75, 3.05) is 11.9 Å². The van der Waals surface area contributed by atoms with Gasteiger partial charge in [-0.05, 0) is 50.3 Å². The van der Waals surface area contributed by atoms with Crippen LogP contribution in [0.5, 0.6) is 0 Å². The third kappa shape index (κ3) is 4.60. The van der Waals surface area contributed by atoms with Crippen LogP contribution in [0.2, 0.25) is 5.02 Å². The van der Waals surface area contributed by atoms with Gasteiger partial charge in [-0.3, -0.25) is 4.98 Å². The van der Waals surface area contributed by atoms with Crippen LogP contribution >= 0.6 is 11.6 Å². The minimum atomic E-state index is -0.394. The SMILES string of the molecule is CC(C)=CCOC(=O)c1ccc(Nc2ccncc2)c(Cl)c1. The number of pyridine rings is 1. The highest BCUT2D eigenvalue weighted by atomic mass is 35.5. The predicted molar refractivity (Wildman–Crippen MR) is 88.7 cm³/mol. The monoisotopic (exact) mass is 316 g/mol. The third-order valence-electron chi connectivity index (χ3n) is 2.87. The summed E-state index contributed by atoms with van der Waals surface area (Å²) in [4.78, 5) is 15.9. The topological polar surface area (TPSA) is 51.2 Å². The summed E-state index contributed by atoms with van der Waals surface area (Å²) in [7, 11) is 0. The fourth-order valence-corrected chi connectivity index (χ4v) is 1.93. The molecule has 0 bridgehead atoms. The molecule has 1 N–H and O–H groups in total. The van der Waals surface area contributed by atoms with E-state index >= 15 is 0 Å². The Bertz CT molecular complexity index is 680. The van der Waals surface area contributed by atoms with E-state index < -0.39 is 5.97 Å². The summed E-state index contributed by atoms with van der Waals surface area (Å²) in [5.41, 5.74) is 3.11. The van der Waals surface area contributed by atoms with Gasteiger partial charge in [-0.15, -0.1) is 0 Å². The molecule has 2 aromatic rings. The first-order chi connectivity index (χ1) is 10.6. The Morgan fingerprint density at radius 2 is 2.00 bits per heavy atom. The zero-order valence-corrected chi connectivity index (χ0v) is 13.2. The third-order valence-corrected chi connectivity index (χ3v) is 3.18. The number of nitrogens with zero attached hydrogens (tertiary/aromatic N) is 1. The van der Waals surface area contributed by atoms with Gasteiger partial charge in [0.2, 0.25) is 0 Å². The lowest BCUT2D eigenvalue weighted by Crippen LogP contribution is -2.05. The fraction of sp³-hybridized carbons (Fsp3) is 0.176. The van der Waals surface area contributed by atoms with E-state index in [9.17, 15) is 4.79 Å². The number of ether oxygens (including phenoxy) is 1. The van der Waals surface area contributed by atoms with Crippen molar-refractivity contribution in [1.29, 1.82) is 0 Å². The zero-order valence-electron chi connectivity index (χ0n) is 12.5. The molecule has 0 amide bonds. The summed E-state index contributed by atoms with van der Waals surface area (Å²) in [6.07, 6.45) is 5.22. The molecular weight excluding hydrogens is 300 g/mol. The van der Waals surface area contributed by atoms with Crippen LogP contribution in [0.15, 0.2) is 54.4 Å². The largest absolute Gasteiger partial charge is 0.458 e. The average Bonchev–Trinajstić information content (AvgIpc) is 2.50. The molecule has 22 heavy (non-hydrogen) atoms. The number of carbonyl (C=O) groups excluding carboxylic acids is 1. The lowest BCUT2D eigenvalue weighted by Gasteiger charge is -2.09. The van der Waals surface area contributed by atoms with Crippen molar-refractivity contribution < 1.29 is 9.53 Å². The van der Waals surface area contributed by atoms with Crippen molar-refractivity contribution in [2.45, 2.75) is 13.8 Å². The fourth-order valence-electron chi connectivity index (χ4n) is 1.70. The number of hydrogen-bond donors (Lipinski definition) is 1. The van der Waals surface area contributed by atoms with Crippen LogP contribution in [0.3, 0.4) is 0 Å². The first-order valence-corrected chi connectivity index (χ1v) is 7.21. The standard InChI is InChI=1S/C17H17ClN2O2/c1-12(2)7-10-22-17(21)13-3-4-16(15(18)11-13)20-14-5-8-19-9-6-14/h3-9,11H,10H2,1-2H3,(H,19,20). The van der Waals surface area contributed by atoms with E-state index in [1.54, 1.807) is 30.6 Å². The predicted octanol–water partition coefficient (Wildman–Crippen LogP) is 4.60. The van der Waals surface area contributed by atoms with Gasteiger partial charge in [0, 0.05) is 18.1 Å². The van der Waals surface area contributed by atoms with Gasteiger partial charge in [-0.25, -0.2) is 4.79 Å². The van der Waals surface area contributed by atoms with E-state index in [2.05, 4.69) is 10.3 Å². The van der Waals surface area contributed by atoms with Gasteiger partial charge in [0.1, 0.15) is 6.61 Å². The van der Waals surface area contributed by atoms with E-state index in [1.165, 1.54) is 0 Å². The Kier molecular flexibility index (Phi) is 5.55. The molecule has 0 aliphatic carbocycles. The molecule has 114 valence electrons. The molecule has 0 fully saturated rings. The first-order valence-electron chi connectivity index (χ1n) is 6.83. The highest BCUT2D eigenvalue weighted by Crippen LogP contribution is 2.26. The number of nitrogens with one attached hydrogen (secondary N) is 1. The van der Waals surface area contributed by atoms with Crippen molar-refractivity contribution in [3.63, 3.8) is 0 Å². The Balaban J connectivity index is 2.06. The number of rotatable bonds is 5. The quantitative estimate of drug-likeness (QED) is 0.647. The number of esters is 1. The molecule has 0 aliphatic heterocycles. The summed E-state index contributed by atoms with van der Waals surface area (Å²) in [5, 5.41) is 3.62. The summed E-state index contributed by atoms with van der Waals surface area (Å²) < 4.78 is 5.15. The van der Waals surface area contributed by atoms with Crippen LogP contribution < -0.4 is 5.32 Å². The lowest BCUT2D eigenvalue weighted by atomic mass is 10.2. The molecular formula is C17H17ClN2O2. The van der Waals surface area contributed by atoms with Crippen LogP contribution in [0, 0.1) is 0 Å². The minimum Gasteiger partial charge on any atom is -0.458 e. The number of carbonyl (C=O) groups is 1. The van der Waals surface area contributed by atoms with E-state index in [-0.39, 0.29) is 6.61 Å². The lowest BCUT2D eigenvalue weighted by molar-refractivity contribution is 0.0549. The molecule has 1 aromatic heterocycles. The van der Waals surface area contributed by atoms with Gasteiger partial charge in [0.25, 0.3) is 0 Å².